The zero-order valence-corrected chi connectivity index (χ0v) is 24.4. The van der Waals surface area contributed by atoms with Gasteiger partial charge in [0.05, 0.1) is 25.2 Å². The fraction of sp³-hybridized carbons (Fsp3) is 0.400. The first-order valence-corrected chi connectivity index (χ1v) is 13.9. The molecule has 2 aromatic heterocycles. The van der Waals surface area contributed by atoms with Gasteiger partial charge in [-0.3, -0.25) is 14.6 Å². The van der Waals surface area contributed by atoms with Crippen LogP contribution in [0, 0.1) is 5.92 Å². The summed E-state index contributed by atoms with van der Waals surface area (Å²) in [6.07, 6.45) is 4.05. The molecule has 13 nitrogen and oxygen atoms in total. The Kier molecular flexibility index (Phi) is 12.6. The Morgan fingerprint density at radius 2 is 1.63 bits per heavy atom. The van der Waals surface area contributed by atoms with Crippen LogP contribution in [0.1, 0.15) is 37.1 Å². The topological polar surface area (TPSA) is 185 Å². The molecule has 43 heavy (non-hydrogen) atoms. The lowest BCUT2D eigenvalue weighted by Gasteiger charge is -2.27. The molecular formula is C30H38N6O7. The number of hydrogen-bond donors (Lipinski definition) is 5. The van der Waals surface area contributed by atoms with Gasteiger partial charge in [0.25, 0.3) is 0 Å². The molecule has 230 valence electrons. The second-order valence-corrected chi connectivity index (χ2v) is 10.4. The van der Waals surface area contributed by atoms with Crippen LogP contribution in [0.4, 0.5) is 4.79 Å². The number of carbonyl (C=O) groups is 4. The lowest BCUT2D eigenvalue weighted by Crippen LogP contribution is -2.58. The Hall–Kier alpha value is -4.78. The Morgan fingerprint density at radius 3 is 2.26 bits per heavy atom. The van der Waals surface area contributed by atoms with Crippen LogP contribution in [0.25, 0.3) is 0 Å². The van der Waals surface area contributed by atoms with Crippen LogP contribution in [0.15, 0.2) is 67.4 Å². The van der Waals surface area contributed by atoms with Gasteiger partial charge in [0, 0.05) is 31.4 Å². The van der Waals surface area contributed by atoms with Gasteiger partial charge in [0.1, 0.15) is 18.7 Å². The van der Waals surface area contributed by atoms with Crippen LogP contribution in [0.5, 0.6) is 0 Å². The van der Waals surface area contributed by atoms with Crippen LogP contribution >= 0.6 is 0 Å². The zero-order chi connectivity index (χ0) is 31.2. The summed E-state index contributed by atoms with van der Waals surface area (Å²) in [4.78, 5) is 63.0. The minimum absolute atomic E-state index is 0.00213. The number of imidazole rings is 1. The van der Waals surface area contributed by atoms with Crippen molar-refractivity contribution >= 4 is 23.9 Å². The maximum atomic E-state index is 13.6. The van der Waals surface area contributed by atoms with Crippen molar-refractivity contribution < 1.29 is 33.8 Å². The molecule has 2 heterocycles. The molecule has 0 bridgehead atoms. The van der Waals surface area contributed by atoms with Crippen molar-refractivity contribution in [3.8, 4) is 0 Å². The maximum absolute atomic E-state index is 13.6. The largest absolute Gasteiger partial charge is 0.467 e. The number of nitrogens with one attached hydrogen (secondary N) is 4. The van der Waals surface area contributed by atoms with E-state index < -0.39 is 48.1 Å². The molecule has 0 radical (unpaired) electrons. The lowest BCUT2D eigenvalue weighted by atomic mass is 9.98. The molecule has 3 aromatic rings. The molecule has 0 aliphatic heterocycles. The van der Waals surface area contributed by atoms with Gasteiger partial charge in [-0.15, -0.1) is 0 Å². The number of nitrogens with zero attached hydrogens (tertiary/aromatic N) is 2. The summed E-state index contributed by atoms with van der Waals surface area (Å²) in [7, 11) is 1.14. The van der Waals surface area contributed by atoms with Gasteiger partial charge in [0.2, 0.25) is 11.8 Å². The van der Waals surface area contributed by atoms with E-state index in [1.165, 1.54) is 6.33 Å². The summed E-state index contributed by atoms with van der Waals surface area (Å²) < 4.78 is 9.98. The number of ether oxygens (including phenoxy) is 2. The number of aromatic amines is 1. The van der Waals surface area contributed by atoms with Crippen LogP contribution in [-0.2, 0) is 43.3 Å². The minimum Gasteiger partial charge on any atom is -0.467 e. The van der Waals surface area contributed by atoms with E-state index in [0.29, 0.717) is 11.3 Å². The number of amides is 3. The van der Waals surface area contributed by atoms with Gasteiger partial charge >= 0.3 is 12.1 Å². The van der Waals surface area contributed by atoms with Crippen LogP contribution < -0.4 is 16.0 Å². The van der Waals surface area contributed by atoms with Gasteiger partial charge in [0.15, 0.2) is 6.10 Å². The van der Waals surface area contributed by atoms with E-state index in [0.717, 1.165) is 12.7 Å². The number of carbonyl (C=O) groups excluding carboxylic acids is 4. The third kappa shape index (κ3) is 10.9. The van der Waals surface area contributed by atoms with E-state index in [-0.39, 0.29) is 31.8 Å². The van der Waals surface area contributed by atoms with Crippen molar-refractivity contribution in [2.24, 2.45) is 5.92 Å². The molecular weight excluding hydrogens is 556 g/mol. The van der Waals surface area contributed by atoms with Gasteiger partial charge < -0.3 is 35.5 Å². The lowest BCUT2D eigenvalue weighted by molar-refractivity contribution is -0.152. The predicted octanol–water partition coefficient (Wildman–Crippen LogP) is 1.43. The van der Waals surface area contributed by atoms with Crippen molar-refractivity contribution in [3.05, 3.63) is 84.2 Å². The smallest absolute Gasteiger partial charge is 0.408 e. The first kappa shape index (κ1) is 32.7. The number of benzene rings is 1. The quantitative estimate of drug-likeness (QED) is 0.162. The third-order valence-electron chi connectivity index (χ3n) is 6.46. The van der Waals surface area contributed by atoms with Crippen LogP contribution in [0.3, 0.4) is 0 Å². The minimum atomic E-state index is -1.61. The number of methoxy groups -OCH3 is 1. The van der Waals surface area contributed by atoms with Gasteiger partial charge in [-0.2, -0.15) is 0 Å². The highest BCUT2D eigenvalue weighted by atomic mass is 16.5. The first-order valence-electron chi connectivity index (χ1n) is 13.9. The molecule has 0 saturated heterocycles. The standard InChI is InChI=1S/C30H38N6O7/c1-19(2)12-23(26(37)29(40)42-3)34-28(39)25(14-22-16-32-18-33-22)35-27(38)24(13-21-10-7-11-31-15-21)36-30(41)43-17-20-8-5-4-6-9-20/h4-11,15-16,18-19,23-26,37H,12-14,17H2,1-3H3,(H,32,33)(H,34,39)(H,35,38)(H,36,41)/t23?,24-,25+,26?/m0/s1. The molecule has 3 rings (SSSR count). The fourth-order valence-electron chi connectivity index (χ4n) is 4.31. The normalized spacial score (nSPS) is 13.7. The molecule has 3 amide bonds. The molecule has 5 N–H and O–H groups in total. The molecule has 0 saturated carbocycles. The number of hydrogen-bond acceptors (Lipinski definition) is 9. The molecule has 4 atom stereocenters. The first-order chi connectivity index (χ1) is 20.7. The molecule has 1 aromatic carbocycles. The van der Waals surface area contributed by atoms with E-state index in [1.54, 1.807) is 42.9 Å². The van der Waals surface area contributed by atoms with E-state index in [9.17, 15) is 24.3 Å². The molecule has 0 aliphatic carbocycles. The number of H-pyrrole nitrogens is 1. The Labute approximate surface area is 249 Å². The maximum Gasteiger partial charge on any atom is 0.408 e. The van der Waals surface area contributed by atoms with Crippen molar-refractivity contribution in [3.63, 3.8) is 0 Å². The van der Waals surface area contributed by atoms with Crippen molar-refractivity contribution in [1.82, 2.24) is 30.9 Å². The average molecular weight is 595 g/mol. The number of pyridine rings is 1. The zero-order valence-electron chi connectivity index (χ0n) is 24.4. The molecule has 0 spiro atoms. The molecule has 2 unspecified atom stereocenters. The van der Waals surface area contributed by atoms with Crippen molar-refractivity contribution in [1.29, 1.82) is 0 Å². The highest BCUT2D eigenvalue weighted by Crippen LogP contribution is 2.12. The Balaban J connectivity index is 1.79. The number of esters is 1. The van der Waals surface area contributed by atoms with Crippen molar-refractivity contribution in [2.75, 3.05) is 7.11 Å². The predicted molar refractivity (Wildman–Crippen MR) is 155 cm³/mol. The third-order valence-corrected chi connectivity index (χ3v) is 6.46. The molecule has 0 aliphatic rings. The van der Waals surface area contributed by atoms with E-state index >= 15 is 0 Å². The second-order valence-electron chi connectivity index (χ2n) is 10.4. The summed E-state index contributed by atoms with van der Waals surface area (Å²) in [5.74, 6) is -2.20. The van der Waals surface area contributed by atoms with Crippen molar-refractivity contribution in [2.45, 2.75) is 63.9 Å². The van der Waals surface area contributed by atoms with E-state index in [2.05, 4.69) is 35.6 Å². The number of rotatable bonds is 15. The Morgan fingerprint density at radius 1 is 0.930 bits per heavy atom. The number of aliphatic hydroxyl groups excluding tert-OH is 1. The van der Waals surface area contributed by atoms with Crippen LogP contribution in [0.2, 0.25) is 0 Å². The van der Waals surface area contributed by atoms with Crippen LogP contribution in [-0.4, -0.2) is 75.3 Å². The van der Waals surface area contributed by atoms with Gasteiger partial charge in [-0.1, -0.05) is 50.2 Å². The SMILES string of the molecule is COC(=O)C(O)C(CC(C)C)NC(=O)[C@@H](Cc1c[nH]cn1)NC(=O)[C@H](Cc1cccnc1)NC(=O)OCc1ccccc1. The van der Waals surface area contributed by atoms with Gasteiger partial charge in [-0.05, 0) is 29.5 Å². The second kappa shape index (κ2) is 16.6. The summed E-state index contributed by atoms with van der Waals surface area (Å²) in [5.41, 5.74) is 1.91. The summed E-state index contributed by atoms with van der Waals surface area (Å²) in [6.45, 7) is 3.74. The van der Waals surface area contributed by atoms with Gasteiger partial charge in [-0.25, -0.2) is 14.6 Å². The highest BCUT2D eigenvalue weighted by molar-refractivity contribution is 5.92. The Bertz CT molecular complexity index is 1310. The number of aromatic nitrogens is 3. The monoisotopic (exact) mass is 594 g/mol. The molecule has 13 heteroatoms. The summed E-state index contributed by atoms with van der Waals surface area (Å²) in [5, 5.41) is 18.5. The number of aliphatic hydroxyl groups is 1. The molecule has 0 fully saturated rings. The summed E-state index contributed by atoms with van der Waals surface area (Å²) in [6, 6.07) is 9.25. The number of alkyl carbamates (subject to hydrolysis) is 1. The highest BCUT2D eigenvalue weighted by Gasteiger charge is 2.33. The summed E-state index contributed by atoms with van der Waals surface area (Å²) >= 11 is 0. The van der Waals surface area contributed by atoms with E-state index in [4.69, 9.17) is 4.74 Å². The fourth-order valence-corrected chi connectivity index (χ4v) is 4.31. The van der Waals surface area contributed by atoms with E-state index in [1.807, 2.05) is 32.0 Å². The average Bonchev–Trinajstić information content (AvgIpc) is 3.52.